The predicted octanol–water partition coefficient (Wildman–Crippen LogP) is 1.10. The second kappa shape index (κ2) is 3.84. The van der Waals surface area contributed by atoms with Gasteiger partial charge in [0.25, 0.3) is 0 Å². The molecule has 0 aliphatic heterocycles. The second-order valence-electron chi connectivity index (χ2n) is 3.73. The van der Waals surface area contributed by atoms with E-state index in [-0.39, 0.29) is 6.54 Å². The van der Waals surface area contributed by atoms with Crippen LogP contribution in [-0.4, -0.2) is 25.8 Å². The summed E-state index contributed by atoms with van der Waals surface area (Å²) >= 11 is 0. The van der Waals surface area contributed by atoms with Crippen molar-refractivity contribution in [2.45, 2.75) is 32.2 Å². The summed E-state index contributed by atoms with van der Waals surface area (Å²) in [5.74, 6) is 0.898. The number of aromatic nitrogens is 3. The highest BCUT2D eigenvalue weighted by Crippen LogP contribution is 2.28. The van der Waals surface area contributed by atoms with Gasteiger partial charge in [-0.25, -0.2) is 0 Å². The molecule has 1 aliphatic rings. The van der Waals surface area contributed by atoms with Crippen molar-refractivity contribution in [1.29, 1.82) is 0 Å². The summed E-state index contributed by atoms with van der Waals surface area (Å²) in [5, 5.41) is 16.8. The zero-order chi connectivity index (χ0) is 10.8. The van der Waals surface area contributed by atoms with E-state index in [1.54, 1.807) is 11.5 Å². The topological polar surface area (TPSA) is 68.0 Å². The van der Waals surface area contributed by atoms with Gasteiger partial charge in [-0.15, -0.1) is 10.2 Å². The Morgan fingerprint density at radius 3 is 2.80 bits per heavy atom. The Morgan fingerprint density at radius 1 is 1.53 bits per heavy atom. The Morgan fingerprint density at radius 2 is 2.20 bits per heavy atom. The highest BCUT2D eigenvalue weighted by Gasteiger charge is 2.21. The number of aliphatic carboxylic acids is 1. The summed E-state index contributed by atoms with van der Waals surface area (Å²) in [6.45, 7) is 1.73. The molecular formula is C10H13N3O2. The van der Waals surface area contributed by atoms with E-state index in [2.05, 4.69) is 22.3 Å². The molecule has 0 saturated heterocycles. The van der Waals surface area contributed by atoms with Crippen LogP contribution in [0.1, 0.15) is 30.4 Å². The maximum absolute atomic E-state index is 10.7. The molecule has 0 spiro atoms. The standard InChI is InChI=1S/C10H13N3O2/c1-7-11-12-10(8-4-2-3-5-8)13(7)6-9(14)15/h2-3,8H,4-6H2,1H3,(H,14,15). The summed E-state index contributed by atoms with van der Waals surface area (Å²) in [6.07, 6.45) is 6.05. The fraction of sp³-hybridized carbons (Fsp3) is 0.500. The molecule has 0 unspecified atom stereocenters. The first kappa shape index (κ1) is 9.89. The molecule has 5 heteroatoms. The molecule has 1 heterocycles. The molecular weight excluding hydrogens is 194 g/mol. The Kier molecular flexibility index (Phi) is 2.53. The normalized spacial score (nSPS) is 16.1. The molecule has 1 aromatic rings. The van der Waals surface area contributed by atoms with E-state index >= 15 is 0 Å². The fourth-order valence-corrected chi connectivity index (χ4v) is 1.86. The number of carboxylic acid groups (broad SMARTS) is 1. The van der Waals surface area contributed by atoms with Crippen LogP contribution in [0.2, 0.25) is 0 Å². The van der Waals surface area contributed by atoms with E-state index in [1.165, 1.54) is 0 Å². The minimum Gasteiger partial charge on any atom is -0.480 e. The van der Waals surface area contributed by atoms with Crippen LogP contribution < -0.4 is 0 Å². The van der Waals surface area contributed by atoms with Gasteiger partial charge in [-0.2, -0.15) is 0 Å². The van der Waals surface area contributed by atoms with Gasteiger partial charge in [0.05, 0.1) is 0 Å². The van der Waals surface area contributed by atoms with Crippen LogP contribution in [0, 0.1) is 6.92 Å². The van der Waals surface area contributed by atoms with Crippen molar-refractivity contribution in [2.75, 3.05) is 0 Å². The summed E-state index contributed by atoms with van der Waals surface area (Å²) in [6, 6.07) is 0. The molecule has 1 N–H and O–H groups in total. The van der Waals surface area contributed by atoms with Crippen LogP contribution in [0.15, 0.2) is 12.2 Å². The third-order valence-corrected chi connectivity index (χ3v) is 2.63. The van der Waals surface area contributed by atoms with Gasteiger partial charge >= 0.3 is 5.97 Å². The van der Waals surface area contributed by atoms with Gasteiger partial charge in [-0.1, -0.05) is 12.2 Å². The van der Waals surface area contributed by atoms with Gasteiger partial charge in [-0.05, 0) is 19.8 Å². The predicted molar refractivity (Wildman–Crippen MR) is 53.5 cm³/mol. The van der Waals surface area contributed by atoms with Crippen LogP contribution in [0.4, 0.5) is 0 Å². The van der Waals surface area contributed by atoms with Crippen molar-refractivity contribution in [1.82, 2.24) is 14.8 Å². The molecule has 0 fully saturated rings. The quantitative estimate of drug-likeness (QED) is 0.754. The van der Waals surface area contributed by atoms with Gasteiger partial charge < -0.3 is 9.67 Å². The Labute approximate surface area is 87.4 Å². The molecule has 2 rings (SSSR count). The molecule has 0 radical (unpaired) electrons. The Bertz CT molecular complexity index is 401. The van der Waals surface area contributed by atoms with Crippen molar-refractivity contribution >= 4 is 5.97 Å². The van der Waals surface area contributed by atoms with Crippen LogP contribution >= 0.6 is 0 Å². The lowest BCUT2D eigenvalue weighted by Crippen LogP contribution is -2.15. The maximum atomic E-state index is 10.7. The van der Waals surface area contributed by atoms with Crippen molar-refractivity contribution in [2.24, 2.45) is 0 Å². The van der Waals surface area contributed by atoms with Crippen molar-refractivity contribution < 1.29 is 9.90 Å². The van der Waals surface area contributed by atoms with Crippen molar-refractivity contribution in [3.8, 4) is 0 Å². The smallest absolute Gasteiger partial charge is 0.323 e. The number of rotatable bonds is 3. The van der Waals surface area contributed by atoms with Crippen LogP contribution in [0.3, 0.4) is 0 Å². The van der Waals surface area contributed by atoms with Gasteiger partial charge in [0.15, 0.2) is 0 Å². The number of hydrogen-bond donors (Lipinski definition) is 1. The third-order valence-electron chi connectivity index (χ3n) is 2.63. The third kappa shape index (κ3) is 1.91. The SMILES string of the molecule is Cc1nnc(C2CC=CC2)n1CC(=O)O. The summed E-state index contributed by atoms with van der Waals surface area (Å²) in [4.78, 5) is 10.7. The largest absolute Gasteiger partial charge is 0.480 e. The van der Waals surface area contributed by atoms with E-state index in [0.717, 1.165) is 18.7 Å². The number of hydrogen-bond acceptors (Lipinski definition) is 3. The molecule has 80 valence electrons. The molecule has 0 atom stereocenters. The van der Waals surface area contributed by atoms with Crippen molar-refractivity contribution in [3.05, 3.63) is 23.8 Å². The highest BCUT2D eigenvalue weighted by molar-refractivity contribution is 5.66. The fourth-order valence-electron chi connectivity index (χ4n) is 1.86. The molecule has 5 nitrogen and oxygen atoms in total. The number of carboxylic acids is 1. The first-order valence-electron chi connectivity index (χ1n) is 4.95. The lowest BCUT2D eigenvalue weighted by Gasteiger charge is -2.10. The minimum absolute atomic E-state index is 0.0509. The number of aryl methyl sites for hydroxylation is 1. The van der Waals surface area contributed by atoms with E-state index in [0.29, 0.717) is 11.7 Å². The van der Waals surface area contributed by atoms with Crippen molar-refractivity contribution in [3.63, 3.8) is 0 Å². The van der Waals surface area contributed by atoms with Crippen LogP contribution in [0.5, 0.6) is 0 Å². The average molecular weight is 207 g/mol. The van der Waals surface area contributed by atoms with E-state index < -0.39 is 5.97 Å². The van der Waals surface area contributed by atoms with Crippen LogP contribution in [0.25, 0.3) is 0 Å². The molecule has 15 heavy (non-hydrogen) atoms. The van der Waals surface area contributed by atoms with Gasteiger partial charge in [0, 0.05) is 5.92 Å². The number of carbonyl (C=O) groups is 1. The van der Waals surface area contributed by atoms with Gasteiger partial charge in [-0.3, -0.25) is 4.79 Å². The monoisotopic (exact) mass is 207 g/mol. The summed E-state index contributed by atoms with van der Waals surface area (Å²) in [5.41, 5.74) is 0. The van der Waals surface area contributed by atoms with E-state index in [1.807, 2.05) is 0 Å². The Balaban J connectivity index is 2.26. The zero-order valence-corrected chi connectivity index (χ0v) is 8.55. The van der Waals surface area contributed by atoms with Gasteiger partial charge in [0.1, 0.15) is 18.2 Å². The van der Waals surface area contributed by atoms with E-state index in [9.17, 15) is 4.79 Å². The van der Waals surface area contributed by atoms with E-state index in [4.69, 9.17) is 5.11 Å². The summed E-state index contributed by atoms with van der Waals surface area (Å²) < 4.78 is 1.68. The highest BCUT2D eigenvalue weighted by atomic mass is 16.4. The van der Waals surface area contributed by atoms with Crippen LogP contribution in [-0.2, 0) is 11.3 Å². The lowest BCUT2D eigenvalue weighted by molar-refractivity contribution is -0.137. The van der Waals surface area contributed by atoms with Gasteiger partial charge in [0.2, 0.25) is 0 Å². The Hall–Kier alpha value is -1.65. The maximum Gasteiger partial charge on any atom is 0.323 e. The summed E-state index contributed by atoms with van der Waals surface area (Å²) in [7, 11) is 0. The molecule has 1 aromatic heterocycles. The molecule has 0 aromatic carbocycles. The number of nitrogens with zero attached hydrogens (tertiary/aromatic N) is 3. The average Bonchev–Trinajstić information content (AvgIpc) is 2.76. The lowest BCUT2D eigenvalue weighted by atomic mass is 10.1. The molecule has 1 aliphatic carbocycles. The number of allylic oxidation sites excluding steroid dienone is 2. The minimum atomic E-state index is -0.856. The zero-order valence-electron chi connectivity index (χ0n) is 8.55. The first-order chi connectivity index (χ1) is 7.18. The molecule has 0 saturated carbocycles. The second-order valence-corrected chi connectivity index (χ2v) is 3.73. The molecule has 0 amide bonds. The molecule has 0 bridgehead atoms. The first-order valence-corrected chi connectivity index (χ1v) is 4.95.